The number of azo groups is 1. The van der Waals surface area contributed by atoms with Crippen LogP contribution >= 0.6 is 0 Å². The molecule has 22 heavy (non-hydrogen) atoms. The third-order valence-electron chi connectivity index (χ3n) is 3.53. The number of benzene rings is 2. The van der Waals surface area contributed by atoms with Gasteiger partial charge in [0, 0.05) is 17.1 Å². The van der Waals surface area contributed by atoms with E-state index in [1.165, 1.54) is 0 Å². The summed E-state index contributed by atoms with van der Waals surface area (Å²) >= 11 is 0. The maximum Gasteiger partial charge on any atom is 0.260 e. The molecule has 0 spiro atoms. The predicted molar refractivity (Wildman–Crippen MR) is 87.4 cm³/mol. The molecule has 1 aliphatic heterocycles. The average Bonchev–Trinajstić information content (AvgIpc) is 2.57. The van der Waals surface area contributed by atoms with Crippen molar-refractivity contribution in [1.82, 2.24) is 0 Å². The molecule has 0 saturated heterocycles. The van der Waals surface area contributed by atoms with Crippen LogP contribution in [0.4, 0.5) is 28.4 Å². The molecule has 6 heteroatoms. The summed E-state index contributed by atoms with van der Waals surface area (Å²) in [5.41, 5.74) is 13.7. The minimum atomic E-state index is -0.963. The van der Waals surface area contributed by atoms with Gasteiger partial charge in [-0.3, -0.25) is 9.69 Å². The van der Waals surface area contributed by atoms with E-state index in [9.17, 15) is 4.79 Å². The standard InChI is InChI=1S/C16H17N5O/c1-16(2)15(22)21(12-6-3-10(17)4-7-12)14-8-5-11(18)9-13(14)19-20-16/h3-9H,17-18H2,1-2H3. The summed E-state index contributed by atoms with van der Waals surface area (Å²) in [5, 5.41) is 8.37. The molecular weight excluding hydrogens is 278 g/mol. The van der Waals surface area contributed by atoms with Gasteiger partial charge in [0.05, 0.1) is 5.69 Å². The number of carbonyl (C=O) groups excluding carboxylic acids is 1. The van der Waals surface area contributed by atoms with Crippen LogP contribution in [-0.4, -0.2) is 11.4 Å². The number of hydrogen-bond donors (Lipinski definition) is 2. The zero-order chi connectivity index (χ0) is 15.9. The minimum absolute atomic E-state index is 0.162. The Morgan fingerprint density at radius 1 is 1.00 bits per heavy atom. The van der Waals surface area contributed by atoms with Crippen molar-refractivity contribution >= 4 is 34.3 Å². The van der Waals surface area contributed by atoms with Crippen LogP contribution in [0.1, 0.15) is 13.8 Å². The highest BCUT2D eigenvalue weighted by Crippen LogP contribution is 2.40. The van der Waals surface area contributed by atoms with Crippen molar-refractivity contribution in [3.8, 4) is 0 Å². The Bertz CT molecular complexity index is 765. The van der Waals surface area contributed by atoms with Crippen molar-refractivity contribution in [3.05, 3.63) is 42.5 Å². The van der Waals surface area contributed by atoms with Crippen LogP contribution in [0.15, 0.2) is 52.7 Å². The third-order valence-corrected chi connectivity index (χ3v) is 3.53. The summed E-state index contributed by atoms with van der Waals surface area (Å²) in [4.78, 5) is 14.5. The smallest absolute Gasteiger partial charge is 0.260 e. The van der Waals surface area contributed by atoms with Crippen molar-refractivity contribution in [2.75, 3.05) is 16.4 Å². The highest BCUT2D eigenvalue weighted by Gasteiger charge is 2.37. The van der Waals surface area contributed by atoms with Gasteiger partial charge in [0.1, 0.15) is 5.69 Å². The van der Waals surface area contributed by atoms with E-state index in [1.54, 1.807) is 61.2 Å². The van der Waals surface area contributed by atoms with Crippen LogP contribution in [0.25, 0.3) is 0 Å². The van der Waals surface area contributed by atoms with Crippen LogP contribution in [0, 0.1) is 0 Å². The van der Waals surface area contributed by atoms with Gasteiger partial charge in [-0.2, -0.15) is 10.2 Å². The maximum absolute atomic E-state index is 12.9. The molecule has 6 nitrogen and oxygen atoms in total. The first kappa shape index (κ1) is 14.1. The van der Waals surface area contributed by atoms with Gasteiger partial charge in [-0.15, -0.1) is 0 Å². The van der Waals surface area contributed by atoms with Crippen molar-refractivity contribution in [2.24, 2.45) is 10.2 Å². The topological polar surface area (TPSA) is 97.1 Å². The normalized spacial score (nSPS) is 16.3. The van der Waals surface area contributed by atoms with E-state index in [0.717, 1.165) is 0 Å². The zero-order valence-electron chi connectivity index (χ0n) is 12.4. The second-order valence-electron chi connectivity index (χ2n) is 5.74. The quantitative estimate of drug-likeness (QED) is 0.789. The molecule has 4 N–H and O–H groups in total. The summed E-state index contributed by atoms with van der Waals surface area (Å²) in [5.74, 6) is -0.162. The molecule has 0 aromatic heterocycles. The summed E-state index contributed by atoms with van der Waals surface area (Å²) in [6.45, 7) is 3.47. The number of hydrogen-bond acceptors (Lipinski definition) is 5. The summed E-state index contributed by atoms with van der Waals surface area (Å²) < 4.78 is 0. The molecule has 0 radical (unpaired) electrons. The fourth-order valence-electron chi connectivity index (χ4n) is 2.29. The Kier molecular flexibility index (Phi) is 3.09. The highest BCUT2D eigenvalue weighted by atomic mass is 16.2. The van der Waals surface area contributed by atoms with Crippen LogP contribution in [0.5, 0.6) is 0 Å². The van der Waals surface area contributed by atoms with E-state index < -0.39 is 5.54 Å². The predicted octanol–water partition coefficient (Wildman–Crippen LogP) is 3.39. The van der Waals surface area contributed by atoms with Gasteiger partial charge < -0.3 is 11.5 Å². The number of anilines is 4. The van der Waals surface area contributed by atoms with Gasteiger partial charge in [-0.25, -0.2) is 0 Å². The lowest BCUT2D eigenvalue weighted by atomic mass is 10.0. The molecule has 112 valence electrons. The van der Waals surface area contributed by atoms with Crippen LogP contribution in [0.3, 0.4) is 0 Å². The first-order chi connectivity index (χ1) is 10.4. The Morgan fingerprint density at radius 3 is 2.32 bits per heavy atom. The average molecular weight is 295 g/mol. The molecule has 0 atom stereocenters. The molecule has 0 fully saturated rings. The SMILES string of the molecule is CC1(C)N=Nc2cc(N)ccc2N(c2ccc(N)cc2)C1=O. The van der Waals surface area contributed by atoms with E-state index in [0.29, 0.717) is 28.4 Å². The van der Waals surface area contributed by atoms with Gasteiger partial charge in [0.2, 0.25) is 0 Å². The molecule has 0 aliphatic carbocycles. The maximum atomic E-state index is 12.9. The van der Waals surface area contributed by atoms with Crippen LogP contribution in [-0.2, 0) is 4.79 Å². The monoisotopic (exact) mass is 295 g/mol. The second kappa shape index (κ2) is 4.84. The number of rotatable bonds is 1. The highest BCUT2D eigenvalue weighted by molar-refractivity contribution is 6.08. The summed E-state index contributed by atoms with van der Waals surface area (Å²) in [7, 11) is 0. The van der Waals surface area contributed by atoms with Gasteiger partial charge in [0.25, 0.3) is 5.91 Å². The fourth-order valence-corrected chi connectivity index (χ4v) is 2.29. The van der Waals surface area contributed by atoms with E-state index in [1.807, 2.05) is 0 Å². The lowest BCUT2D eigenvalue weighted by molar-refractivity contribution is -0.121. The number of nitrogen functional groups attached to an aromatic ring is 2. The van der Waals surface area contributed by atoms with Crippen molar-refractivity contribution < 1.29 is 4.79 Å². The molecule has 0 bridgehead atoms. The van der Waals surface area contributed by atoms with E-state index in [4.69, 9.17) is 11.5 Å². The number of amides is 1. The van der Waals surface area contributed by atoms with Crippen LogP contribution < -0.4 is 16.4 Å². The van der Waals surface area contributed by atoms with Crippen molar-refractivity contribution in [3.63, 3.8) is 0 Å². The number of carbonyl (C=O) groups is 1. The largest absolute Gasteiger partial charge is 0.399 e. The zero-order valence-corrected chi connectivity index (χ0v) is 12.4. The Hall–Kier alpha value is -2.89. The lowest BCUT2D eigenvalue weighted by Crippen LogP contribution is -2.40. The van der Waals surface area contributed by atoms with Gasteiger partial charge in [-0.1, -0.05) is 0 Å². The molecule has 3 rings (SSSR count). The van der Waals surface area contributed by atoms with Crippen molar-refractivity contribution in [2.45, 2.75) is 19.4 Å². The van der Waals surface area contributed by atoms with Gasteiger partial charge in [0.15, 0.2) is 5.54 Å². The van der Waals surface area contributed by atoms with E-state index in [2.05, 4.69) is 10.2 Å². The molecule has 2 aromatic carbocycles. The Morgan fingerprint density at radius 2 is 1.64 bits per heavy atom. The number of nitrogens with two attached hydrogens (primary N) is 2. The Labute approximate surface area is 128 Å². The van der Waals surface area contributed by atoms with Crippen LogP contribution in [0.2, 0.25) is 0 Å². The molecule has 0 saturated carbocycles. The van der Waals surface area contributed by atoms with Crippen molar-refractivity contribution in [1.29, 1.82) is 0 Å². The second-order valence-corrected chi connectivity index (χ2v) is 5.74. The molecule has 0 unspecified atom stereocenters. The lowest BCUT2D eigenvalue weighted by Gasteiger charge is -2.27. The molecule has 1 amide bonds. The number of nitrogens with zero attached hydrogens (tertiary/aromatic N) is 3. The van der Waals surface area contributed by atoms with E-state index in [-0.39, 0.29) is 5.91 Å². The summed E-state index contributed by atoms with van der Waals surface area (Å²) in [6.07, 6.45) is 0. The third kappa shape index (κ3) is 2.28. The first-order valence-corrected chi connectivity index (χ1v) is 6.91. The fraction of sp³-hybridized carbons (Fsp3) is 0.188. The van der Waals surface area contributed by atoms with E-state index >= 15 is 0 Å². The number of fused-ring (bicyclic) bond motifs is 1. The van der Waals surface area contributed by atoms with Gasteiger partial charge >= 0.3 is 0 Å². The molecule has 1 aliphatic rings. The summed E-state index contributed by atoms with van der Waals surface area (Å²) in [6, 6.07) is 12.3. The Balaban J connectivity index is 2.22. The molecule has 1 heterocycles. The minimum Gasteiger partial charge on any atom is -0.399 e. The molecular formula is C16H17N5O. The molecule has 2 aromatic rings. The van der Waals surface area contributed by atoms with Gasteiger partial charge in [-0.05, 0) is 56.3 Å². The first-order valence-electron chi connectivity index (χ1n) is 6.91.